The molecule has 1 fully saturated rings. The van der Waals surface area contributed by atoms with Gasteiger partial charge in [-0.2, -0.15) is 0 Å². The molecule has 5 atom stereocenters. The third kappa shape index (κ3) is 6.16. The predicted molar refractivity (Wildman–Crippen MR) is 130 cm³/mol. The van der Waals surface area contributed by atoms with Gasteiger partial charge in [-0.25, -0.2) is 18.8 Å². The van der Waals surface area contributed by atoms with Crippen LogP contribution in [0.15, 0.2) is 91.0 Å². The average molecular weight is 557 g/mol. The van der Waals surface area contributed by atoms with Crippen LogP contribution in [-0.2, 0) is 18.9 Å². The van der Waals surface area contributed by atoms with Gasteiger partial charge in [0.1, 0.15) is 17.5 Å². The van der Waals surface area contributed by atoms with Crippen LogP contribution in [0.1, 0.15) is 31.1 Å². The SMILES string of the molecule is O=C(OC[C@H]1O[C@@H](F)[C@H](Br)[C@@H](OC(=O)c2ccccc2)[C@H]1OC(=O)c1ccccc1)c1ccccc1. The van der Waals surface area contributed by atoms with Gasteiger partial charge in [0.05, 0.1) is 16.7 Å². The van der Waals surface area contributed by atoms with Crippen molar-refractivity contribution in [3.63, 3.8) is 0 Å². The van der Waals surface area contributed by atoms with Crippen LogP contribution in [0.5, 0.6) is 0 Å². The fourth-order valence-corrected chi connectivity index (χ4v) is 4.15. The van der Waals surface area contributed by atoms with Crippen LogP contribution >= 0.6 is 15.9 Å². The number of rotatable bonds is 7. The minimum atomic E-state index is -1.94. The molecule has 0 amide bonds. The average Bonchev–Trinajstić information content (AvgIpc) is 2.92. The zero-order chi connectivity index (χ0) is 25.5. The molecule has 1 heterocycles. The zero-order valence-corrected chi connectivity index (χ0v) is 20.5. The molecular formula is C27H22BrFO7. The molecule has 186 valence electrons. The molecule has 0 aliphatic carbocycles. The van der Waals surface area contributed by atoms with Crippen molar-refractivity contribution in [1.82, 2.24) is 0 Å². The lowest BCUT2D eigenvalue weighted by Gasteiger charge is -2.40. The molecule has 4 rings (SSSR count). The Balaban J connectivity index is 1.57. The third-order valence-corrected chi connectivity index (χ3v) is 6.39. The van der Waals surface area contributed by atoms with Crippen LogP contribution in [-0.4, -0.2) is 54.0 Å². The molecule has 7 nitrogen and oxygen atoms in total. The molecule has 9 heteroatoms. The van der Waals surface area contributed by atoms with E-state index in [0.717, 1.165) is 0 Å². The largest absolute Gasteiger partial charge is 0.459 e. The van der Waals surface area contributed by atoms with Gasteiger partial charge in [0.15, 0.2) is 12.2 Å². The quantitative estimate of drug-likeness (QED) is 0.235. The van der Waals surface area contributed by atoms with Crippen molar-refractivity contribution in [1.29, 1.82) is 0 Å². The molecule has 1 aliphatic heterocycles. The van der Waals surface area contributed by atoms with Gasteiger partial charge in [0, 0.05) is 0 Å². The first-order valence-corrected chi connectivity index (χ1v) is 12.0. The first kappa shape index (κ1) is 25.5. The molecular weight excluding hydrogens is 535 g/mol. The van der Waals surface area contributed by atoms with Crippen LogP contribution in [0, 0.1) is 0 Å². The van der Waals surface area contributed by atoms with E-state index in [1.807, 2.05) is 0 Å². The van der Waals surface area contributed by atoms with Gasteiger partial charge in [-0.05, 0) is 36.4 Å². The Morgan fingerprint density at radius 1 is 0.694 bits per heavy atom. The van der Waals surface area contributed by atoms with Gasteiger partial charge in [-0.3, -0.25) is 0 Å². The van der Waals surface area contributed by atoms with Crippen molar-refractivity contribution >= 4 is 33.8 Å². The number of carbonyl (C=O) groups is 3. The first-order valence-electron chi connectivity index (χ1n) is 11.1. The molecule has 0 N–H and O–H groups in total. The van der Waals surface area contributed by atoms with Crippen molar-refractivity contribution in [3.8, 4) is 0 Å². The number of hydrogen-bond donors (Lipinski definition) is 0. The minimum absolute atomic E-state index is 0.235. The molecule has 0 unspecified atom stereocenters. The number of alkyl halides is 2. The third-order valence-electron chi connectivity index (χ3n) is 5.45. The Kier molecular flexibility index (Phi) is 8.45. The number of esters is 3. The Morgan fingerprint density at radius 3 is 1.58 bits per heavy atom. The van der Waals surface area contributed by atoms with E-state index in [4.69, 9.17) is 18.9 Å². The van der Waals surface area contributed by atoms with Crippen LogP contribution in [0.4, 0.5) is 4.39 Å². The molecule has 0 bridgehead atoms. The number of halogens is 2. The zero-order valence-electron chi connectivity index (χ0n) is 18.9. The van der Waals surface area contributed by atoms with Gasteiger partial charge in [-0.1, -0.05) is 70.5 Å². The Bertz CT molecular complexity index is 1180. The lowest BCUT2D eigenvalue weighted by molar-refractivity contribution is -0.209. The minimum Gasteiger partial charge on any atom is -0.459 e. The summed E-state index contributed by atoms with van der Waals surface area (Å²) in [7, 11) is 0. The van der Waals surface area contributed by atoms with E-state index in [1.165, 1.54) is 0 Å². The van der Waals surface area contributed by atoms with Crippen molar-refractivity contribution in [3.05, 3.63) is 108 Å². The van der Waals surface area contributed by atoms with Gasteiger partial charge in [0.25, 0.3) is 0 Å². The molecule has 0 saturated carbocycles. The van der Waals surface area contributed by atoms with E-state index >= 15 is 0 Å². The Morgan fingerprint density at radius 2 is 1.11 bits per heavy atom. The summed E-state index contributed by atoms with van der Waals surface area (Å²) in [5.41, 5.74) is 0.756. The fourth-order valence-electron chi connectivity index (χ4n) is 3.62. The predicted octanol–water partition coefficient (Wildman–Crippen LogP) is 4.75. The fraction of sp³-hybridized carbons (Fsp3) is 0.222. The van der Waals surface area contributed by atoms with E-state index in [0.29, 0.717) is 0 Å². The number of ether oxygens (including phenoxy) is 4. The molecule has 3 aromatic rings. The summed E-state index contributed by atoms with van der Waals surface area (Å²) in [6.45, 7) is -0.444. The molecule has 1 aliphatic rings. The molecule has 1 saturated heterocycles. The maximum absolute atomic E-state index is 14.9. The lowest BCUT2D eigenvalue weighted by atomic mass is 10.0. The van der Waals surface area contributed by atoms with Crippen molar-refractivity contribution in [2.75, 3.05) is 6.61 Å². The highest BCUT2D eigenvalue weighted by atomic mass is 79.9. The van der Waals surface area contributed by atoms with Gasteiger partial charge >= 0.3 is 17.9 Å². The van der Waals surface area contributed by atoms with Crippen molar-refractivity contribution in [2.45, 2.75) is 29.5 Å². The summed E-state index contributed by atoms with van der Waals surface area (Å²) in [4.78, 5) is 37.0. The van der Waals surface area contributed by atoms with E-state index in [-0.39, 0.29) is 16.7 Å². The normalized spacial score (nSPS) is 23.3. The van der Waals surface area contributed by atoms with E-state index in [9.17, 15) is 18.8 Å². The highest BCUT2D eigenvalue weighted by Gasteiger charge is 2.50. The van der Waals surface area contributed by atoms with Crippen LogP contribution in [0.25, 0.3) is 0 Å². The summed E-state index contributed by atoms with van der Waals surface area (Å²) in [6.07, 6.45) is -5.76. The molecule has 0 aromatic heterocycles. The topological polar surface area (TPSA) is 88.1 Å². The maximum Gasteiger partial charge on any atom is 0.338 e. The monoisotopic (exact) mass is 556 g/mol. The molecule has 0 spiro atoms. The summed E-state index contributed by atoms with van der Waals surface area (Å²) in [5.74, 6) is -2.14. The van der Waals surface area contributed by atoms with Crippen molar-refractivity contribution in [2.24, 2.45) is 0 Å². The first-order chi connectivity index (χ1) is 17.4. The summed E-state index contributed by atoms with van der Waals surface area (Å²) >= 11 is 3.18. The number of hydrogen-bond acceptors (Lipinski definition) is 7. The second kappa shape index (κ2) is 11.9. The second-order valence-electron chi connectivity index (χ2n) is 7.91. The van der Waals surface area contributed by atoms with Crippen LogP contribution in [0.3, 0.4) is 0 Å². The molecule has 3 aromatic carbocycles. The standard InChI is InChI=1S/C27H22BrFO7/c28-21-23(36-27(32)19-14-8-3-9-15-19)22(35-26(31)18-12-6-2-7-13-18)20(34-24(21)29)16-33-25(30)17-10-4-1-5-11-17/h1-15,20-24H,16H2/t20-,21-,22+,23-,24-/m1/s1. The van der Waals surface area contributed by atoms with Gasteiger partial charge < -0.3 is 18.9 Å². The smallest absolute Gasteiger partial charge is 0.338 e. The number of carbonyl (C=O) groups excluding carboxylic acids is 3. The number of benzene rings is 3. The van der Waals surface area contributed by atoms with Crippen molar-refractivity contribution < 1.29 is 37.7 Å². The van der Waals surface area contributed by atoms with E-state index in [1.54, 1.807) is 91.0 Å². The lowest BCUT2D eigenvalue weighted by Crippen LogP contribution is -2.58. The van der Waals surface area contributed by atoms with Crippen LogP contribution < -0.4 is 0 Å². The Labute approximate surface area is 215 Å². The van der Waals surface area contributed by atoms with E-state index in [2.05, 4.69) is 15.9 Å². The Hall–Kier alpha value is -3.56. The van der Waals surface area contributed by atoms with Gasteiger partial charge in [0.2, 0.25) is 6.36 Å². The van der Waals surface area contributed by atoms with Crippen LogP contribution in [0.2, 0.25) is 0 Å². The van der Waals surface area contributed by atoms with E-state index < -0.39 is 54.0 Å². The molecule has 36 heavy (non-hydrogen) atoms. The van der Waals surface area contributed by atoms with Gasteiger partial charge in [-0.15, -0.1) is 0 Å². The summed E-state index contributed by atoms with van der Waals surface area (Å²) < 4.78 is 36.9. The maximum atomic E-state index is 14.9. The summed E-state index contributed by atoms with van der Waals surface area (Å²) in [5, 5.41) is 0. The second-order valence-corrected chi connectivity index (χ2v) is 8.96. The molecule has 0 radical (unpaired) electrons. The summed E-state index contributed by atoms with van der Waals surface area (Å²) in [6, 6.07) is 24.5. The highest BCUT2D eigenvalue weighted by Crippen LogP contribution is 2.33. The highest BCUT2D eigenvalue weighted by molar-refractivity contribution is 9.09.